The number of aromatic amines is 1. The Morgan fingerprint density at radius 1 is 1.19 bits per heavy atom. The Bertz CT molecular complexity index is 774. The highest BCUT2D eigenvalue weighted by Crippen LogP contribution is 2.45. The first-order valence-corrected chi connectivity index (χ1v) is 9.21. The normalized spacial score (nSPS) is 24.7. The van der Waals surface area contributed by atoms with Crippen molar-refractivity contribution in [1.29, 1.82) is 0 Å². The largest absolute Gasteiger partial charge is 0.342 e. The Kier molecular flexibility index (Phi) is 4.49. The number of rotatable bonds is 4. The van der Waals surface area contributed by atoms with Crippen LogP contribution in [-0.4, -0.2) is 51.4 Å². The number of H-pyrrole nitrogens is 1. The summed E-state index contributed by atoms with van der Waals surface area (Å²) in [6.07, 6.45) is 4.82. The fourth-order valence-electron chi connectivity index (χ4n) is 4.47. The zero-order chi connectivity index (χ0) is 18.1. The van der Waals surface area contributed by atoms with Gasteiger partial charge in [-0.1, -0.05) is 30.3 Å². The zero-order valence-corrected chi connectivity index (χ0v) is 15.0. The number of aryl methyl sites for hydroxylation is 1. The number of benzene rings is 1. The highest BCUT2D eigenvalue weighted by atomic mass is 16.2. The van der Waals surface area contributed by atoms with Crippen LogP contribution in [0.15, 0.2) is 42.7 Å². The molecule has 136 valence electrons. The molecule has 1 aromatic carbocycles. The minimum Gasteiger partial charge on any atom is -0.342 e. The Morgan fingerprint density at radius 2 is 2.00 bits per heavy atom. The Morgan fingerprint density at radius 3 is 2.69 bits per heavy atom. The lowest BCUT2D eigenvalue weighted by molar-refractivity contribution is -0.131. The maximum atomic E-state index is 12.6. The van der Waals surface area contributed by atoms with E-state index in [0.29, 0.717) is 24.7 Å². The van der Waals surface area contributed by atoms with Gasteiger partial charge in [0.15, 0.2) is 0 Å². The third-order valence-corrected chi connectivity index (χ3v) is 5.74. The lowest BCUT2D eigenvalue weighted by Gasteiger charge is -2.29. The van der Waals surface area contributed by atoms with Crippen LogP contribution in [-0.2, 0) is 16.0 Å². The molecule has 2 saturated heterocycles. The first-order chi connectivity index (χ1) is 12.6. The molecule has 2 aliphatic heterocycles. The van der Waals surface area contributed by atoms with Crippen molar-refractivity contribution in [2.75, 3.05) is 19.6 Å². The number of carbonyl (C=O) groups excluding carboxylic acids is 2. The molecule has 2 aromatic rings. The van der Waals surface area contributed by atoms with Gasteiger partial charge in [0.2, 0.25) is 11.8 Å². The molecule has 0 unspecified atom stereocenters. The summed E-state index contributed by atoms with van der Waals surface area (Å²) in [4.78, 5) is 28.8. The van der Waals surface area contributed by atoms with E-state index >= 15 is 0 Å². The fourth-order valence-corrected chi connectivity index (χ4v) is 4.47. The van der Waals surface area contributed by atoms with E-state index in [1.165, 1.54) is 5.56 Å². The molecule has 0 saturated carbocycles. The Hall–Kier alpha value is -2.63. The highest BCUT2D eigenvalue weighted by Gasteiger charge is 2.49. The van der Waals surface area contributed by atoms with Crippen molar-refractivity contribution in [3.8, 4) is 0 Å². The molecule has 2 amide bonds. The van der Waals surface area contributed by atoms with E-state index in [2.05, 4.69) is 22.3 Å². The van der Waals surface area contributed by atoms with Gasteiger partial charge in [0.05, 0.1) is 12.2 Å². The zero-order valence-electron chi connectivity index (χ0n) is 15.0. The molecule has 3 atom stereocenters. The molecule has 6 nitrogen and oxygen atoms in total. The molecule has 3 heterocycles. The molecule has 6 heteroatoms. The molecule has 26 heavy (non-hydrogen) atoms. The average Bonchev–Trinajstić information content (AvgIpc) is 3.35. The van der Waals surface area contributed by atoms with E-state index in [0.717, 1.165) is 25.2 Å². The molecule has 0 bridgehead atoms. The van der Waals surface area contributed by atoms with Crippen molar-refractivity contribution in [2.45, 2.75) is 25.8 Å². The van der Waals surface area contributed by atoms with Gasteiger partial charge in [0, 0.05) is 51.0 Å². The van der Waals surface area contributed by atoms with Crippen LogP contribution in [0, 0.1) is 11.8 Å². The van der Waals surface area contributed by atoms with Crippen molar-refractivity contribution in [3.05, 3.63) is 53.9 Å². The van der Waals surface area contributed by atoms with Crippen LogP contribution in [0.1, 0.15) is 30.5 Å². The van der Waals surface area contributed by atoms with Crippen LogP contribution in [0.25, 0.3) is 0 Å². The summed E-state index contributed by atoms with van der Waals surface area (Å²) in [5.74, 6) is 0.994. The molecule has 1 aromatic heterocycles. The van der Waals surface area contributed by atoms with E-state index in [9.17, 15) is 9.59 Å². The predicted molar refractivity (Wildman–Crippen MR) is 97.0 cm³/mol. The number of hydrogen-bond acceptors (Lipinski definition) is 3. The highest BCUT2D eigenvalue weighted by molar-refractivity contribution is 5.77. The van der Waals surface area contributed by atoms with Gasteiger partial charge < -0.3 is 9.80 Å². The van der Waals surface area contributed by atoms with Crippen LogP contribution < -0.4 is 0 Å². The van der Waals surface area contributed by atoms with Crippen molar-refractivity contribution in [2.24, 2.45) is 11.8 Å². The predicted octanol–water partition coefficient (Wildman–Crippen LogP) is 2.02. The Balaban J connectivity index is 1.46. The third-order valence-electron chi connectivity index (χ3n) is 5.74. The standard InChI is InChI=1S/C20H24N4O2/c1-14(25)24-12-17-11-23(19(26)8-7-15-9-21-22-10-15)13-18(17)20(24)16-5-3-2-4-6-16/h2-6,9-10,17-18,20H,7-8,11-13H2,1H3,(H,21,22)/t17-,18-,20-/m1/s1. The summed E-state index contributed by atoms with van der Waals surface area (Å²) in [5, 5.41) is 6.71. The van der Waals surface area contributed by atoms with E-state index in [1.54, 1.807) is 13.1 Å². The number of fused-ring (bicyclic) bond motifs is 1. The number of carbonyl (C=O) groups is 2. The van der Waals surface area contributed by atoms with E-state index in [1.807, 2.05) is 34.2 Å². The van der Waals surface area contributed by atoms with Gasteiger partial charge in [0.1, 0.15) is 0 Å². The Labute approximate surface area is 153 Å². The first kappa shape index (κ1) is 16.8. The van der Waals surface area contributed by atoms with Crippen molar-refractivity contribution >= 4 is 11.8 Å². The molecule has 2 fully saturated rings. The van der Waals surface area contributed by atoms with Crippen molar-refractivity contribution < 1.29 is 9.59 Å². The number of aromatic nitrogens is 2. The van der Waals surface area contributed by atoms with Gasteiger partial charge in [-0.05, 0) is 17.5 Å². The van der Waals surface area contributed by atoms with Crippen LogP contribution in [0.2, 0.25) is 0 Å². The number of hydrogen-bond donors (Lipinski definition) is 1. The summed E-state index contributed by atoms with van der Waals surface area (Å²) >= 11 is 0. The number of nitrogens with one attached hydrogen (secondary N) is 1. The summed E-state index contributed by atoms with van der Waals surface area (Å²) in [7, 11) is 0. The minimum absolute atomic E-state index is 0.0744. The number of nitrogens with zero attached hydrogens (tertiary/aromatic N) is 3. The van der Waals surface area contributed by atoms with E-state index in [-0.39, 0.29) is 17.9 Å². The van der Waals surface area contributed by atoms with Crippen LogP contribution in [0.3, 0.4) is 0 Å². The van der Waals surface area contributed by atoms with Crippen LogP contribution >= 0.6 is 0 Å². The summed E-state index contributed by atoms with van der Waals surface area (Å²) in [6.45, 7) is 3.87. The maximum Gasteiger partial charge on any atom is 0.222 e. The minimum atomic E-state index is 0.0744. The SMILES string of the molecule is CC(=O)N1C[C@H]2CN(C(=O)CCc3cn[nH]c3)C[C@H]2[C@H]1c1ccccc1. The summed E-state index contributed by atoms with van der Waals surface area (Å²) in [6, 6.07) is 10.3. The smallest absolute Gasteiger partial charge is 0.222 e. The van der Waals surface area contributed by atoms with E-state index in [4.69, 9.17) is 0 Å². The van der Waals surface area contributed by atoms with Gasteiger partial charge in [-0.3, -0.25) is 14.7 Å². The second kappa shape index (κ2) is 6.94. The molecular formula is C20H24N4O2. The molecule has 4 rings (SSSR count). The molecule has 0 aliphatic carbocycles. The first-order valence-electron chi connectivity index (χ1n) is 9.21. The lowest BCUT2D eigenvalue weighted by atomic mass is 9.89. The van der Waals surface area contributed by atoms with E-state index < -0.39 is 0 Å². The fraction of sp³-hybridized carbons (Fsp3) is 0.450. The second-order valence-electron chi connectivity index (χ2n) is 7.36. The quantitative estimate of drug-likeness (QED) is 0.915. The maximum absolute atomic E-state index is 12.6. The summed E-state index contributed by atoms with van der Waals surface area (Å²) in [5.41, 5.74) is 2.23. The number of likely N-dealkylation sites (tertiary alicyclic amines) is 2. The topological polar surface area (TPSA) is 69.3 Å². The molecule has 1 N–H and O–H groups in total. The van der Waals surface area contributed by atoms with Gasteiger partial charge in [-0.2, -0.15) is 5.10 Å². The van der Waals surface area contributed by atoms with Gasteiger partial charge in [-0.15, -0.1) is 0 Å². The van der Waals surface area contributed by atoms with Crippen molar-refractivity contribution in [1.82, 2.24) is 20.0 Å². The molecule has 2 aliphatic rings. The van der Waals surface area contributed by atoms with Crippen LogP contribution in [0.4, 0.5) is 0 Å². The lowest BCUT2D eigenvalue weighted by Crippen LogP contribution is -2.36. The van der Waals surface area contributed by atoms with Gasteiger partial charge in [0.25, 0.3) is 0 Å². The van der Waals surface area contributed by atoms with Gasteiger partial charge in [-0.25, -0.2) is 0 Å². The summed E-state index contributed by atoms with van der Waals surface area (Å²) < 4.78 is 0. The third kappa shape index (κ3) is 3.11. The van der Waals surface area contributed by atoms with Crippen LogP contribution in [0.5, 0.6) is 0 Å². The molecular weight excluding hydrogens is 328 g/mol. The second-order valence-corrected chi connectivity index (χ2v) is 7.36. The monoisotopic (exact) mass is 352 g/mol. The molecule has 0 radical (unpaired) electrons. The van der Waals surface area contributed by atoms with Crippen molar-refractivity contribution in [3.63, 3.8) is 0 Å². The molecule has 0 spiro atoms. The van der Waals surface area contributed by atoms with Gasteiger partial charge >= 0.3 is 0 Å². The number of amides is 2. The average molecular weight is 352 g/mol.